The molecule has 1 aliphatic carbocycles. The number of esters is 1. The van der Waals surface area contributed by atoms with Crippen LogP contribution in [-0.4, -0.2) is 31.3 Å². The van der Waals surface area contributed by atoms with E-state index in [-0.39, 0.29) is 12.1 Å². The van der Waals surface area contributed by atoms with Crippen LogP contribution in [0.1, 0.15) is 37.5 Å². The van der Waals surface area contributed by atoms with Crippen molar-refractivity contribution in [2.45, 2.75) is 50.8 Å². The molecule has 0 aromatic carbocycles. The maximum atomic E-state index is 12.4. The fourth-order valence-electron chi connectivity index (χ4n) is 2.71. The molecule has 1 saturated carbocycles. The smallest absolute Gasteiger partial charge is 0.326 e. The van der Waals surface area contributed by atoms with Crippen molar-refractivity contribution in [1.29, 1.82) is 0 Å². The molecular formula is C15H23NO3S. The lowest BCUT2D eigenvalue weighted by atomic mass is 9.80. The van der Waals surface area contributed by atoms with Gasteiger partial charge in [-0.05, 0) is 44.1 Å². The molecule has 0 unspecified atom stereocenters. The Bertz CT molecular complexity index is 411. The Balaban J connectivity index is 2.02. The number of nitrogens with one attached hydrogen (secondary N) is 1. The summed E-state index contributed by atoms with van der Waals surface area (Å²) in [6.45, 7) is 2.99. The van der Waals surface area contributed by atoms with Crippen LogP contribution >= 0.6 is 11.3 Å². The Morgan fingerprint density at radius 2 is 2.25 bits per heavy atom. The van der Waals surface area contributed by atoms with Crippen molar-refractivity contribution < 1.29 is 14.3 Å². The van der Waals surface area contributed by atoms with Gasteiger partial charge in [-0.15, -0.1) is 11.3 Å². The normalized spacial score (nSPS) is 26.4. The van der Waals surface area contributed by atoms with E-state index in [1.807, 2.05) is 13.0 Å². The zero-order chi connectivity index (χ0) is 14.4. The van der Waals surface area contributed by atoms with Crippen molar-refractivity contribution in [2.75, 3.05) is 13.7 Å². The van der Waals surface area contributed by atoms with Crippen molar-refractivity contribution in [3.05, 3.63) is 22.4 Å². The van der Waals surface area contributed by atoms with Gasteiger partial charge in [0.25, 0.3) is 0 Å². The first-order chi connectivity index (χ1) is 9.70. The predicted octanol–water partition coefficient (Wildman–Crippen LogP) is 2.73. The maximum absolute atomic E-state index is 12.4. The van der Waals surface area contributed by atoms with Gasteiger partial charge in [-0.25, -0.2) is 0 Å². The van der Waals surface area contributed by atoms with E-state index in [4.69, 9.17) is 9.47 Å². The van der Waals surface area contributed by atoms with Crippen LogP contribution in [0.3, 0.4) is 0 Å². The van der Waals surface area contributed by atoms with Gasteiger partial charge in [-0.3, -0.25) is 10.1 Å². The first-order valence-electron chi connectivity index (χ1n) is 7.17. The van der Waals surface area contributed by atoms with E-state index in [0.29, 0.717) is 13.2 Å². The Hall–Kier alpha value is -0.910. The summed E-state index contributed by atoms with van der Waals surface area (Å²) in [5.41, 5.74) is -0.547. The molecule has 1 aromatic rings. The summed E-state index contributed by atoms with van der Waals surface area (Å²) in [6, 6.07) is 4.11. The van der Waals surface area contributed by atoms with E-state index < -0.39 is 5.54 Å². The standard InChI is InChI=1S/C15H23NO3S/c1-3-19-14(17)15(8-6-12(18-2)7-9-15)16-11-13-5-4-10-20-13/h4-5,10,12,16H,3,6-9,11H2,1-2H3. The second kappa shape index (κ2) is 7.20. The highest BCUT2D eigenvalue weighted by atomic mass is 32.1. The number of hydrogen-bond acceptors (Lipinski definition) is 5. The third kappa shape index (κ3) is 3.59. The zero-order valence-electron chi connectivity index (χ0n) is 12.2. The largest absolute Gasteiger partial charge is 0.465 e. The molecule has 0 radical (unpaired) electrons. The SMILES string of the molecule is CCOC(=O)C1(NCc2cccs2)CCC(OC)CC1. The quantitative estimate of drug-likeness (QED) is 0.820. The second-order valence-electron chi connectivity index (χ2n) is 5.17. The molecule has 0 spiro atoms. The molecule has 0 bridgehead atoms. The van der Waals surface area contributed by atoms with Gasteiger partial charge in [0, 0.05) is 18.5 Å². The molecule has 1 heterocycles. The van der Waals surface area contributed by atoms with Crippen LogP contribution in [0.4, 0.5) is 0 Å². The fraction of sp³-hybridized carbons (Fsp3) is 0.667. The van der Waals surface area contributed by atoms with Gasteiger partial charge in [-0.1, -0.05) is 6.07 Å². The molecule has 1 fully saturated rings. The van der Waals surface area contributed by atoms with E-state index in [1.165, 1.54) is 4.88 Å². The second-order valence-corrected chi connectivity index (χ2v) is 6.20. The zero-order valence-corrected chi connectivity index (χ0v) is 13.0. The highest BCUT2D eigenvalue weighted by Crippen LogP contribution is 2.31. The highest BCUT2D eigenvalue weighted by molar-refractivity contribution is 7.09. The number of carbonyl (C=O) groups excluding carboxylic acids is 1. The molecule has 4 nitrogen and oxygen atoms in total. The molecule has 5 heteroatoms. The third-order valence-electron chi connectivity index (χ3n) is 3.97. The summed E-state index contributed by atoms with van der Waals surface area (Å²) in [5.74, 6) is -0.119. The van der Waals surface area contributed by atoms with E-state index in [2.05, 4.69) is 16.8 Å². The van der Waals surface area contributed by atoms with Crippen LogP contribution in [0.15, 0.2) is 17.5 Å². The Morgan fingerprint density at radius 1 is 1.50 bits per heavy atom. The molecule has 1 aliphatic rings. The van der Waals surface area contributed by atoms with Crippen LogP contribution in [0, 0.1) is 0 Å². The van der Waals surface area contributed by atoms with Gasteiger partial charge in [0.05, 0.1) is 12.7 Å². The Labute approximate surface area is 124 Å². The molecule has 112 valence electrons. The summed E-state index contributed by atoms with van der Waals surface area (Å²) < 4.78 is 10.7. The summed E-state index contributed by atoms with van der Waals surface area (Å²) in [4.78, 5) is 13.6. The Morgan fingerprint density at radius 3 is 2.80 bits per heavy atom. The minimum atomic E-state index is -0.547. The highest BCUT2D eigenvalue weighted by Gasteiger charge is 2.42. The molecule has 2 rings (SSSR count). The summed E-state index contributed by atoms with van der Waals surface area (Å²) in [6.07, 6.45) is 3.60. The summed E-state index contributed by atoms with van der Waals surface area (Å²) in [7, 11) is 1.74. The van der Waals surface area contributed by atoms with Crippen LogP contribution in [0.5, 0.6) is 0 Å². The molecule has 0 aliphatic heterocycles. The van der Waals surface area contributed by atoms with Crippen LogP contribution < -0.4 is 5.32 Å². The topological polar surface area (TPSA) is 47.6 Å². The average Bonchev–Trinajstić information content (AvgIpc) is 2.99. The number of methoxy groups -OCH3 is 1. The first kappa shape index (κ1) is 15.5. The number of thiophene rings is 1. The van der Waals surface area contributed by atoms with Gasteiger partial charge >= 0.3 is 5.97 Å². The van der Waals surface area contributed by atoms with Gasteiger partial charge in [-0.2, -0.15) is 0 Å². The Kier molecular flexibility index (Phi) is 5.57. The fourth-order valence-corrected chi connectivity index (χ4v) is 3.36. The number of hydrogen-bond donors (Lipinski definition) is 1. The molecule has 0 amide bonds. The van der Waals surface area contributed by atoms with Gasteiger partial charge < -0.3 is 9.47 Å². The van der Waals surface area contributed by atoms with Crippen molar-refractivity contribution in [1.82, 2.24) is 5.32 Å². The lowest BCUT2D eigenvalue weighted by molar-refractivity contribution is -0.154. The summed E-state index contributed by atoms with van der Waals surface area (Å²) >= 11 is 1.70. The minimum Gasteiger partial charge on any atom is -0.465 e. The van der Waals surface area contributed by atoms with Crippen molar-refractivity contribution in [3.63, 3.8) is 0 Å². The molecule has 1 N–H and O–H groups in total. The van der Waals surface area contributed by atoms with E-state index in [0.717, 1.165) is 25.7 Å². The molecule has 0 atom stereocenters. The van der Waals surface area contributed by atoms with E-state index in [9.17, 15) is 4.79 Å². The average molecular weight is 297 g/mol. The van der Waals surface area contributed by atoms with Crippen molar-refractivity contribution in [2.24, 2.45) is 0 Å². The maximum Gasteiger partial charge on any atom is 0.326 e. The number of rotatable bonds is 6. The third-order valence-corrected chi connectivity index (χ3v) is 4.84. The molecule has 20 heavy (non-hydrogen) atoms. The van der Waals surface area contributed by atoms with Gasteiger partial charge in [0.15, 0.2) is 0 Å². The van der Waals surface area contributed by atoms with E-state index >= 15 is 0 Å². The van der Waals surface area contributed by atoms with Gasteiger partial charge in [0.1, 0.15) is 5.54 Å². The molecular weight excluding hydrogens is 274 g/mol. The first-order valence-corrected chi connectivity index (χ1v) is 8.05. The van der Waals surface area contributed by atoms with Crippen molar-refractivity contribution in [3.8, 4) is 0 Å². The predicted molar refractivity (Wildman–Crippen MR) is 79.8 cm³/mol. The summed E-state index contributed by atoms with van der Waals surface area (Å²) in [5, 5.41) is 5.50. The monoisotopic (exact) mass is 297 g/mol. The van der Waals surface area contributed by atoms with Gasteiger partial charge in [0.2, 0.25) is 0 Å². The van der Waals surface area contributed by atoms with Crippen molar-refractivity contribution >= 4 is 17.3 Å². The lowest BCUT2D eigenvalue weighted by Crippen LogP contribution is -2.55. The number of carbonyl (C=O) groups is 1. The van der Waals surface area contributed by atoms with Crippen LogP contribution in [0.2, 0.25) is 0 Å². The number of ether oxygens (including phenoxy) is 2. The van der Waals surface area contributed by atoms with E-state index in [1.54, 1.807) is 18.4 Å². The molecule has 1 aromatic heterocycles. The lowest BCUT2D eigenvalue weighted by Gasteiger charge is -2.38. The van der Waals surface area contributed by atoms with Crippen LogP contribution in [-0.2, 0) is 20.8 Å². The van der Waals surface area contributed by atoms with Crippen LogP contribution in [0.25, 0.3) is 0 Å². The minimum absolute atomic E-state index is 0.119. The molecule has 0 saturated heterocycles.